The zero-order valence-corrected chi connectivity index (χ0v) is 17.2. The summed E-state index contributed by atoms with van der Waals surface area (Å²) in [7, 11) is 2.86. The van der Waals surface area contributed by atoms with Gasteiger partial charge in [-0.25, -0.2) is 18.2 Å². The Balaban J connectivity index is 1.73. The molecule has 0 bridgehead atoms. The summed E-state index contributed by atoms with van der Waals surface area (Å²) in [5.41, 5.74) is 4.18. The summed E-state index contributed by atoms with van der Waals surface area (Å²) in [4.78, 5) is 21.5. The lowest BCUT2D eigenvalue weighted by molar-refractivity contribution is 0.0859. The highest BCUT2D eigenvalue weighted by atomic mass is 19.1. The number of carbonyl (C=O) groups is 1. The van der Waals surface area contributed by atoms with Crippen molar-refractivity contribution in [2.45, 2.75) is 24.6 Å². The smallest absolute Gasteiger partial charge is 0.252 e. The van der Waals surface area contributed by atoms with Gasteiger partial charge in [-0.1, -0.05) is 0 Å². The zero-order valence-electron chi connectivity index (χ0n) is 17.2. The Hall–Kier alpha value is -3.76. The first-order valence-electron chi connectivity index (χ1n) is 9.63. The summed E-state index contributed by atoms with van der Waals surface area (Å²) < 4.78 is 48.1. The molecule has 1 amide bonds. The lowest BCUT2D eigenvalue weighted by Crippen LogP contribution is -2.56. The van der Waals surface area contributed by atoms with Crippen molar-refractivity contribution in [2.75, 3.05) is 19.1 Å². The van der Waals surface area contributed by atoms with Gasteiger partial charge in [0.15, 0.2) is 0 Å². The van der Waals surface area contributed by atoms with Gasteiger partial charge < -0.3 is 15.4 Å². The molecule has 166 valence electrons. The lowest BCUT2D eigenvalue weighted by Gasteiger charge is -2.49. The Morgan fingerprint density at radius 1 is 1.19 bits per heavy atom. The molecule has 0 aliphatic heterocycles. The molecule has 2 N–H and O–H groups in total. The second-order valence-corrected chi connectivity index (χ2v) is 7.44. The minimum absolute atomic E-state index is 0.00496. The molecule has 0 atom stereocenters. The third-order valence-electron chi connectivity index (χ3n) is 5.64. The van der Waals surface area contributed by atoms with Crippen LogP contribution in [0.25, 0.3) is 11.3 Å². The molecule has 0 radical (unpaired) electrons. The average Bonchev–Trinajstić information content (AvgIpc) is 2.76. The summed E-state index contributed by atoms with van der Waals surface area (Å²) in [5, 5.41) is 8.04. The number of ether oxygens (including phenoxy) is 1. The Morgan fingerprint density at radius 2 is 1.94 bits per heavy atom. The highest BCUT2D eigenvalue weighted by molar-refractivity contribution is 5.98. The molecular formula is C21H19F3N6O2. The van der Waals surface area contributed by atoms with Crippen molar-refractivity contribution in [3.8, 4) is 17.0 Å². The number of nitrogens with two attached hydrogens (primary N) is 1. The molecule has 2 heterocycles. The Bertz CT molecular complexity index is 1170. The van der Waals surface area contributed by atoms with Crippen molar-refractivity contribution in [3.05, 3.63) is 59.6 Å². The summed E-state index contributed by atoms with van der Waals surface area (Å²) in [6.07, 6.45) is 1.55. The molecule has 11 heteroatoms. The fraction of sp³-hybridized carbons (Fsp3) is 0.286. The van der Waals surface area contributed by atoms with Crippen molar-refractivity contribution in [1.29, 1.82) is 0 Å². The second-order valence-electron chi connectivity index (χ2n) is 7.44. The highest BCUT2D eigenvalue weighted by Gasteiger charge is 2.52. The van der Waals surface area contributed by atoms with E-state index >= 15 is 0 Å². The predicted molar refractivity (Wildman–Crippen MR) is 109 cm³/mol. The lowest BCUT2D eigenvalue weighted by atomic mass is 9.71. The summed E-state index contributed by atoms with van der Waals surface area (Å²) in [5.74, 6) is -2.11. The van der Waals surface area contributed by atoms with E-state index in [1.54, 1.807) is 7.05 Å². The number of halogens is 3. The number of benzene rings is 1. The van der Waals surface area contributed by atoms with Crippen LogP contribution in [0, 0.1) is 11.6 Å². The third-order valence-corrected chi connectivity index (χ3v) is 5.64. The van der Waals surface area contributed by atoms with Crippen LogP contribution in [0.1, 0.15) is 28.9 Å². The number of nitrogens with zero attached hydrogens (tertiary/aromatic N) is 5. The number of alkyl halides is 1. The topological polar surface area (TPSA) is 107 Å². The minimum atomic E-state index is -1.12. The van der Waals surface area contributed by atoms with Crippen LogP contribution in [0.15, 0.2) is 36.7 Å². The van der Waals surface area contributed by atoms with Gasteiger partial charge >= 0.3 is 0 Å². The van der Waals surface area contributed by atoms with E-state index in [-0.39, 0.29) is 47.1 Å². The fourth-order valence-electron chi connectivity index (χ4n) is 3.96. The van der Waals surface area contributed by atoms with Crippen LogP contribution in [0.4, 0.5) is 19.1 Å². The Labute approximate surface area is 181 Å². The average molecular weight is 444 g/mol. The monoisotopic (exact) mass is 444 g/mol. The van der Waals surface area contributed by atoms with Gasteiger partial charge in [-0.15, -0.1) is 10.2 Å². The minimum Gasteiger partial charge on any atom is -0.495 e. The van der Waals surface area contributed by atoms with E-state index in [4.69, 9.17) is 10.5 Å². The number of hydrogen-bond acceptors (Lipinski definition) is 7. The van der Waals surface area contributed by atoms with Crippen molar-refractivity contribution in [1.82, 2.24) is 20.2 Å². The number of carbonyl (C=O) groups excluding carboxylic acids is 1. The molecule has 1 aliphatic carbocycles. The number of methoxy groups -OCH3 is 1. The molecule has 2 aromatic heterocycles. The van der Waals surface area contributed by atoms with Gasteiger partial charge in [0.1, 0.15) is 34.9 Å². The number of amides is 1. The van der Waals surface area contributed by atoms with Gasteiger partial charge in [-0.05, 0) is 24.3 Å². The van der Waals surface area contributed by atoms with E-state index in [9.17, 15) is 18.0 Å². The zero-order chi connectivity index (χ0) is 23.0. The van der Waals surface area contributed by atoms with E-state index < -0.39 is 29.3 Å². The molecule has 1 fully saturated rings. The van der Waals surface area contributed by atoms with Crippen LogP contribution < -0.4 is 15.4 Å². The molecule has 3 aromatic rings. The summed E-state index contributed by atoms with van der Waals surface area (Å²) in [6, 6.07) is 4.98. The molecule has 1 aromatic carbocycles. The molecule has 0 unspecified atom stereocenters. The SMILES string of the molecule is COc1c(C(N)=O)ccc(F)c1-c1cnc(N(C)C2(c3ncccc3F)CC(F)C2)nn1. The number of aromatic nitrogens is 4. The number of pyridine rings is 1. The van der Waals surface area contributed by atoms with Crippen molar-refractivity contribution < 1.29 is 22.7 Å². The maximum absolute atomic E-state index is 14.6. The highest BCUT2D eigenvalue weighted by Crippen LogP contribution is 2.48. The second kappa shape index (κ2) is 8.06. The number of hydrogen-bond donors (Lipinski definition) is 1. The molecule has 1 saturated carbocycles. The summed E-state index contributed by atoms with van der Waals surface area (Å²) >= 11 is 0. The van der Waals surface area contributed by atoms with Gasteiger partial charge in [0, 0.05) is 26.1 Å². The molecular weight excluding hydrogens is 425 g/mol. The van der Waals surface area contributed by atoms with Gasteiger partial charge in [-0.2, -0.15) is 0 Å². The van der Waals surface area contributed by atoms with E-state index in [1.807, 2.05) is 0 Å². The van der Waals surface area contributed by atoms with Gasteiger partial charge in [-0.3, -0.25) is 9.78 Å². The van der Waals surface area contributed by atoms with Crippen LogP contribution in [-0.2, 0) is 5.54 Å². The molecule has 0 spiro atoms. The fourth-order valence-corrected chi connectivity index (χ4v) is 3.96. The molecule has 4 rings (SSSR count). The quantitative estimate of drug-likeness (QED) is 0.623. The predicted octanol–water partition coefficient (Wildman–Crippen LogP) is 2.78. The van der Waals surface area contributed by atoms with E-state index in [0.29, 0.717) is 0 Å². The number of primary amides is 1. The van der Waals surface area contributed by atoms with Gasteiger partial charge in [0.2, 0.25) is 5.95 Å². The Morgan fingerprint density at radius 3 is 2.50 bits per heavy atom. The maximum Gasteiger partial charge on any atom is 0.252 e. The summed E-state index contributed by atoms with van der Waals surface area (Å²) in [6.45, 7) is 0. The van der Waals surface area contributed by atoms with Gasteiger partial charge in [0.05, 0.1) is 30.0 Å². The van der Waals surface area contributed by atoms with Crippen LogP contribution in [0.3, 0.4) is 0 Å². The van der Waals surface area contributed by atoms with E-state index in [1.165, 1.54) is 42.6 Å². The van der Waals surface area contributed by atoms with Gasteiger partial charge in [0.25, 0.3) is 5.91 Å². The van der Waals surface area contributed by atoms with Crippen molar-refractivity contribution in [3.63, 3.8) is 0 Å². The first-order chi connectivity index (χ1) is 15.3. The maximum atomic E-state index is 14.6. The van der Waals surface area contributed by atoms with Crippen LogP contribution in [-0.4, -0.2) is 46.4 Å². The molecule has 8 nitrogen and oxygen atoms in total. The first-order valence-corrected chi connectivity index (χ1v) is 9.63. The largest absolute Gasteiger partial charge is 0.495 e. The van der Waals surface area contributed by atoms with E-state index in [2.05, 4.69) is 20.2 Å². The first kappa shape index (κ1) is 21.5. The molecule has 1 aliphatic rings. The van der Waals surface area contributed by atoms with Crippen LogP contribution in [0.2, 0.25) is 0 Å². The normalized spacial score (nSPS) is 19.8. The molecule has 0 saturated heterocycles. The van der Waals surface area contributed by atoms with Crippen molar-refractivity contribution in [2.24, 2.45) is 5.73 Å². The standard InChI is InChI=1S/C21H19F3N6O2/c1-30(21(8-11(22)9-21)18-14(24)4-3-7-26-18)20-27-10-15(28-29-20)16-13(23)6-5-12(19(25)31)17(16)32-2/h3-7,10-11H,8-9H2,1-2H3,(H2,25,31). The number of rotatable bonds is 6. The molecule has 32 heavy (non-hydrogen) atoms. The van der Waals surface area contributed by atoms with Crippen LogP contribution >= 0.6 is 0 Å². The van der Waals surface area contributed by atoms with E-state index in [0.717, 1.165) is 6.07 Å². The Kier molecular flexibility index (Phi) is 5.41. The third kappa shape index (κ3) is 3.39. The van der Waals surface area contributed by atoms with Crippen LogP contribution in [0.5, 0.6) is 5.75 Å². The van der Waals surface area contributed by atoms with Crippen molar-refractivity contribution >= 4 is 11.9 Å². The number of anilines is 1.